The smallest absolute Gasteiger partial charge is 0.317 e. The number of carbonyl (C=O) groups excluding carboxylic acids is 2. The molecule has 24 heavy (non-hydrogen) atoms. The number of nitrogens with zero attached hydrogens (tertiary/aromatic N) is 2. The number of hydrogen-bond acceptors (Lipinski definition) is 2. The van der Waals surface area contributed by atoms with Crippen molar-refractivity contribution in [3.8, 4) is 0 Å². The van der Waals surface area contributed by atoms with Crippen LogP contribution in [0.15, 0.2) is 30.3 Å². The molecule has 0 spiro atoms. The van der Waals surface area contributed by atoms with E-state index in [0.29, 0.717) is 25.4 Å². The Labute approximate surface area is 144 Å². The van der Waals surface area contributed by atoms with E-state index < -0.39 is 0 Å². The van der Waals surface area contributed by atoms with Crippen molar-refractivity contribution in [3.63, 3.8) is 0 Å². The molecule has 1 aliphatic heterocycles. The molecule has 0 aromatic heterocycles. The lowest BCUT2D eigenvalue weighted by atomic mass is 10.1. The summed E-state index contributed by atoms with van der Waals surface area (Å²) in [6, 6.07) is 10.1. The predicted molar refractivity (Wildman–Crippen MR) is 93.7 cm³/mol. The first-order valence-corrected chi connectivity index (χ1v) is 9.07. The number of urea groups is 1. The van der Waals surface area contributed by atoms with Gasteiger partial charge < -0.3 is 15.1 Å². The summed E-state index contributed by atoms with van der Waals surface area (Å²) < 4.78 is 0. The zero-order valence-electron chi connectivity index (χ0n) is 14.2. The van der Waals surface area contributed by atoms with Gasteiger partial charge in [-0.25, -0.2) is 4.79 Å². The molecule has 0 atom stereocenters. The van der Waals surface area contributed by atoms with Crippen LogP contribution < -0.4 is 5.32 Å². The molecule has 0 unspecified atom stereocenters. The third-order valence-electron chi connectivity index (χ3n) is 4.85. The molecule has 0 bridgehead atoms. The minimum Gasteiger partial charge on any atom is -0.341 e. The number of rotatable bonds is 5. The second-order valence-electron chi connectivity index (χ2n) is 6.84. The van der Waals surface area contributed by atoms with Gasteiger partial charge in [0.25, 0.3) is 0 Å². The molecule has 0 radical (unpaired) electrons. The molecule has 2 fully saturated rings. The van der Waals surface area contributed by atoms with Gasteiger partial charge in [0.2, 0.25) is 5.91 Å². The standard InChI is InChI=1S/C19H27N3O2/c23-18(10-9-16-5-2-1-3-6-16)21-11-4-12-22(14-13-21)19(24)20-15-17-7-8-17/h1-3,5-6,17H,4,7-15H2,(H,20,24). The van der Waals surface area contributed by atoms with E-state index in [1.807, 2.05) is 28.0 Å². The fraction of sp³-hybridized carbons (Fsp3) is 0.579. The molecule has 1 aliphatic carbocycles. The summed E-state index contributed by atoms with van der Waals surface area (Å²) in [6.45, 7) is 3.56. The summed E-state index contributed by atoms with van der Waals surface area (Å²) in [5.41, 5.74) is 1.20. The summed E-state index contributed by atoms with van der Waals surface area (Å²) in [4.78, 5) is 28.4. The summed E-state index contributed by atoms with van der Waals surface area (Å²) in [7, 11) is 0. The van der Waals surface area contributed by atoms with Gasteiger partial charge in [-0.2, -0.15) is 0 Å². The van der Waals surface area contributed by atoms with Crippen molar-refractivity contribution in [1.29, 1.82) is 0 Å². The van der Waals surface area contributed by atoms with Crippen LogP contribution in [0.5, 0.6) is 0 Å². The van der Waals surface area contributed by atoms with E-state index in [9.17, 15) is 9.59 Å². The predicted octanol–water partition coefficient (Wildman–Crippen LogP) is 2.27. The number of nitrogens with one attached hydrogen (secondary N) is 1. The van der Waals surface area contributed by atoms with Gasteiger partial charge in [-0.3, -0.25) is 4.79 Å². The van der Waals surface area contributed by atoms with Crippen molar-refractivity contribution in [3.05, 3.63) is 35.9 Å². The maximum atomic E-state index is 12.4. The van der Waals surface area contributed by atoms with Gasteiger partial charge in [-0.1, -0.05) is 30.3 Å². The first kappa shape index (κ1) is 16.8. The molecule has 1 aromatic rings. The minimum absolute atomic E-state index is 0.0282. The van der Waals surface area contributed by atoms with Crippen LogP contribution in [-0.4, -0.2) is 54.5 Å². The highest BCUT2D eigenvalue weighted by atomic mass is 16.2. The van der Waals surface area contributed by atoms with Crippen LogP contribution in [0.4, 0.5) is 4.79 Å². The number of benzene rings is 1. The second kappa shape index (κ2) is 8.18. The van der Waals surface area contributed by atoms with Crippen LogP contribution in [0, 0.1) is 5.92 Å². The third kappa shape index (κ3) is 4.98. The maximum Gasteiger partial charge on any atom is 0.317 e. The minimum atomic E-state index is 0.0282. The van der Waals surface area contributed by atoms with Crippen LogP contribution >= 0.6 is 0 Å². The van der Waals surface area contributed by atoms with E-state index in [1.165, 1.54) is 18.4 Å². The molecule has 5 nitrogen and oxygen atoms in total. The highest BCUT2D eigenvalue weighted by Crippen LogP contribution is 2.27. The lowest BCUT2D eigenvalue weighted by molar-refractivity contribution is -0.131. The van der Waals surface area contributed by atoms with Crippen molar-refractivity contribution in [2.24, 2.45) is 5.92 Å². The average Bonchev–Trinajstić information content (AvgIpc) is 3.44. The third-order valence-corrected chi connectivity index (χ3v) is 4.85. The van der Waals surface area contributed by atoms with Gasteiger partial charge >= 0.3 is 6.03 Å². The summed E-state index contributed by atoms with van der Waals surface area (Å²) >= 11 is 0. The molecule has 1 heterocycles. The average molecular weight is 329 g/mol. The molecular weight excluding hydrogens is 302 g/mol. The fourth-order valence-electron chi connectivity index (χ4n) is 3.09. The first-order chi connectivity index (χ1) is 11.7. The molecule has 1 N–H and O–H groups in total. The van der Waals surface area contributed by atoms with E-state index in [0.717, 1.165) is 32.5 Å². The second-order valence-corrected chi connectivity index (χ2v) is 6.84. The van der Waals surface area contributed by atoms with Gasteiger partial charge in [0.05, 0.1) is 0 Å². The largest absolute Gasteiger partial charge is 0.341 e. The van der Waals surface area contributed by atoms with E-state index in [-0.39, 0.29) is 11.9 Å². The Balaban J connectivity index is 1.42. The van der Waals surface area contributed by atoms with E-state index in [1.54, 1.807) is 0 Å². The number of amides is 3. The molecule has 3 amide bonds. The van der Waals surface area contributed by atoms with Crippen LogP contribution in [-0.2, 0) is 11.2 Å². The Morgan fingerprint density at radius 3 is 2.46 bits per heavy atom. The van der Waals surface area contributed by atoms with Crippen LogP contribution in [0.25, 0.3) is 0 Å². The van der Waals surface area contributed by atoms with Gasteiger partial charge in [-0.15, -0.1) is 0 Å². The zero-order chi connectivity index (χ0) is 16.8. The maximum absolute atomic E-state index is 12.4. The van der Waals surface area contributed by atoms with Gasteiger partial charge in [-0.05, 0) is 37.2 Å². The summed E-state index contributed by atoms with van der Waals surface area (Å²) in [5, 5.41) is 3.02. The Bertz CT molecular complexity index is 557. The zero-order valence-corrected chi connectivity index (χ0v) is 14.2. The van der Waals surface area contributed by atoms with E-state index in [4.69, 9.17) is 0 Å². The molecule has 1 aromatic carbocycles. The van der Waals surface area contributed by atoms with Crippen molar-refractivity contribution >= 4 is 11.9 Å². The lowest BCUT2D eigenvalue weighted by Gasteiger charge is -2.22. The molecular formula is C19H27N3O2. The molecule has 2 aliphatic rings. The monoisotopic (exact) mass is 329 g/mol. The van der Waals surface area contributed by atoms with E-state index in [2.05, 4.69) is 17.4 Å². The van der Waals surface area contributed by atoms with E-state index >= 15 is 0 Å². The van der Waals surface area contributed by atoms with Gasteiger partial charge in [0, 0.05) is 39.1 Å². The lowest BCUT2D eigenvalue weighted by Crippen LogP contribution is -2.43. The first-order valence-electron chi connectivity index (χ1n) is 9.07. The number of aryl methyl sites for hydroxylation is 1. The van der Waals surface area contributed by atoms with Crippen molar-refractivity contribution in [2.75, 3.05) is 32.7 Å². The van der Waals surface area contributed by atoms with Gasteiger partial charge in [0.1, 0.15) is 0 Å². The fourth-order valence-corrected chi connectivity index (χ4v) is 3.09. The number of hydrogen-bond donors (Lipinski definition) is 1. The Hall–Kier alpha value is -2.04. The molecule has 3 rings (SSSR count). The van der Waals surface area contributed by atoms with Crippen molar-refractivity contribution < 1.29 is 9.59 Å². The Morgan fingerprint density at radius 1 is 1.00 bits per heavy atom. The molecule has 1 saturated heterocycles. The van der Waals surface area contributed by atoms with Crippen molar-refractivity contribution in [1.82, 2.24) is 15.1 Å². The quantitative estimate of drug-likeness (QED) is 0.901. The molecule has 130 valence electrons. The summed E-state index contributed by atoms with van der Waals surface area (Å²) in [6.07, 6.45) is 4.65. The molecule has 5 heteroatoms. The van der Waals surface area contributed by atoms with Crippen molar-refractivity contribution in [2.45, 2.75) is 32.1 Å². The molecule has 1 saturated carbocycles. The highest BCUT2D eigenvalue weighted by molar-refractivity contribution is 5.77. The SMILES string of the molecule is O=C(CCc1ccccc1)N1CCCN(C(=O)NCC2CC2)CC1. The highest BCUT2D eigenvalue weighted by Gasteiger charge is 2.25. The summed E-state index contributed by atoms with van der Waals surface area (Å²) in [5.74, 6) is 0.885. The Morgan fingerprint density at radius 2 is 1.71 bits per heavy atom. The Kier molecular flexibility index (Phi) is 5.72. The van der Waals surface area contributed by atoms with Crippen LogP contribution in [0.2, 0.25) is 0 Å². The van der Waals surface area contributed by atoms with Crippen LogP contribution in [0.1, 0.15) is 31.2 Å². The van der Waals surface area contributed by atoms with Gasteiger partial charge in [0.15, 0.2) is 0 Å². The number of carbonyl (C=O) groups is 2. The normalized spacial score (nSPS) is 18.2. The topological polar surface area (TPSA) is 52.7 Å². The van der Waals surface area contributed by atoms with Crippen LogP contribution in [0.3, 0.4) is 0 Å².